The fraction of sp³-hybridized carbons (Fsp3) is 0.929. The van der Waals surface area contributed by atoms with Crippen LogP contribution in [0.15, 0.2) is 0 Å². The van der Waals surface area contributed by atoms with Crippen molar-refractivity contribution in [2.75, 3.05) is 6.61 Å². The van der Waals surface area contributed by atoms with Gasteiger partial charge in [0.25, 0.3) is 0 Å². The van der Waals surface area contributed by atoms with Crippen molar-refractivity contribution in [3.05, 3.63) is 0 Å². The Morgan fingerprint density at radius 1 is 1.33 bits per heavy atom. The topological polar surface area (TPSA) is 64.3 Å². The van der Waals surface area contributed by atoms with Crippen molar-refractivity contribution in [1.82, 2.24) is 5.32 Å². The second kappa shape index (κ2) is 7.10. The Labute approximate surface area is 111 Å². The molecule has 1 aliphatic carbocycles. The summed E-state index contributed by atoms with van der Waals surface area (Å²) < 4.78 is 5.65. The molecule has 1 saturated carbocycles. The third-order valence-corrected chi connectivity index (χ3v) is 3.84. The van der Waals surface area contributed by atoms with Gasteiger partial charge in [-0.15, -0.1) is 0 Å². The first-order chi connectivity index (χ1) is 8.47. The SMILES string of the molecule is CCC(C)NC(=O)C(C)OCC1(N)CCCCC1. The molecule has 1 rings (SSSR count). The normalized spacial score (nSPS) is 22.2. The fourth-order valence-electron chi connectivity index (χ4n) is 2.23. The lowest BCUT2D eigenvalue weighted by Crippen LogP contribution is -2.48. The van der Waals surface area contributed by atoms with Crippen LogP contribution in [-0.4, -0.2) is 30.2 Å². The quantitative estimate of drug-likeness (QED) is 0.763. The number of rotatable bonds is 6. The van der Waals surface area contributed by atoms with Crippen molar-refractivity contribution in [2.24, 2.45) is 5.73 Å². The average molecular weight is 256 g/mol. The van der Waals surface area contributed by atoms with Gasteiger partial charge in [0, 0.05) is 11.6 Å². The summed E-state index contributed by atoms with van der Waals surface area (Å²) in [6.07, 6.45) is 6.14. The molecular formula is C14H28N2O2. The summed E-state index contributed by atoms with van der Waals surface area (Å²) in [7, 11) is 0. The maximum atomic E-state index is 11.8. The first kappa shape index (κ1) is 15.4. The smallest absolute Gasteiger partial charge is 0.249 e. The van der Waals surface area contributed by atoms with Gasteiger partial charge in [0.15, 0.2) is 0 Å². The summed E-state index contributed by atoms with van der Waals surface area (Å²) in [5.74, 6) is -0.0382. The summed E-state index contributed by atoms with van der Waals surface area (Å²) in [6.45, 7) is 6.33. The van der Waals surface area contributed by atoms with E-state index in [-0.39, 0.29) is 17.5 Å². The third-order valence-electron chi connectivity index (χ3n) is 3.84. The van der Waals surface area contributed by atoms with Crippen molar-refractivity contribution in [2.45, 2.75) is 77.0 Å². The molecule has 2 atom stereocenters. The molecule has 0 saturated heterocycles. The van der Waals surface area contributed by atoms with E-state index in [9.17, 15) is 4.79 Å². The lowest BCUT2D eigenvalue weighted by atomic mass is 9.83. The van der Waals surface area contributed by atoms with Gasteiger partial charge >= 0.3 is 0 Å². The number of hydrogen-bond acceptors (Lipinski definition) is 3. The first-order valence-corrected chi connectivity index (χ1v) is 7.18. The van der Waals surface area contributed by atoms with Crippen LogP contribution in [0.5, 0.6) is 0 Å². The molecule has 0 radical (unpaired) electrons. The highest BCUT2D eigenvalue weighted by molar-refractivity contribution is 5.80. The molecule has 0 aromatic heterocycles. The number of amides is 1. The molecule has 18 heavy (non-hydrogen) atoms. The van der Waals surface area contributed by atoms with Crippen LogP contribution in [0.2, 0.25) is 0 Å². The number of nitrogens with one attached hydrogen (secondary N) is 1. The van der Waals surface area contributed by atoms with Crippen molar-refractivity contribution < 1.29 is 9.53 Å². The Bertz CT molecular complexity index is 263. The molecule has 2 unspecified atom stereocenters. The van der Waals surface area contributed by atoms with E-state index in [0.29, 0.717) is 6.61 Å². The van der Waals surface area contributed by atoms with Gasteiger partial charge in [-0.2, -0.15) is 0 Å². The van der Waals surface area contributed by atoms with E-state index in [1.165, 1.54) is 19.3 Å². The van der Waals surface area contributed by atoms with E-state index in [1.54, 1.807) is 6.92 Å². The van der Waals surface area contributed by atoms with E-state index in [1.807, 2.05) is 13.8 Å². The number of carbonyl (C=O) groups is 1. The van der Waals surface area contributed by atoms with Gasteiger partial charge in [-0.25, -0.2) is 0 Å². The van der Waals surface area contributed by atoms with Crippen LogP contribution in [0.25, 0.3) is 0 Å². The predicted octanol–water partition coefficient (Wildman–Crippen LogP) is 1.97. The van der Waals surface area contributed by atoms with Crippen molar-refractivity contribution in [3.63, 3.8) is 0 Å². The van der Waals surface area contributed by atoms with Crippen LogP contribution in [0.1, 0.15) is 59.3 Å². The van der Waals surface area contributed by atoms with E-state index in [4.69, 9.17) is 10.5 Å². The number of carbonyl (C=O) groups excluding carboxylic acids is 1. The van der Waals surface area contributed by atoms with Crippen molar-refractivity contribution in [3.8, 4) is 0 Å². The zero-order valence-corrected chi connectivity index (χ0v) is 12.0. The minimum atomic E-state index is -0.415. The Hall–Kier alpha value is -0.610. The number of ether oxygens (including phenoxy) is 1. The van der Waals surface area contributed by atoms with Crippen LogP contribution < -0.4 is 11.1 Å². The zero-order valence-electron chi connectivity index (χ0n) is 12.0. The largest absolute Gasteiger partial charge is 0.367 e. The standard InChI is InChI=1S/C14H28N2O2/c1-4-11(2)16-13(17)12(3)18-10-14(15)8-6-5-7-9-14/h11-12H,4-10,15H2,1-3H3,(H,16,17). The monoisotopic (exact) mass is 256 g/mol. The van der Waals surface area contributed by atoms with Crippen LogP contribution >= 0.6 is 0 Å². The van der Waals surface area contributed by atoms with E-state index in [2.05, 4.69) is 5.32 Å². The summed E-state index contributed by atoms with van der Waals surface area (Å²) in [5, 5.41) is 2.92. The van der Waals surface area contributed by atoms with Gasteiger partial charge in [0.1, 0.15) is 6.10 Å². The molecule has 4 nitrogen and oxygen atoms in total. The van der Waals surface area contributed by atoms with E-state index < -0.39 is 6.10 Å². The molecule has 0 spiro atoms. The van der Waals surface area contributed by atoms with Gasteiger partial charge in [0.2, 0.25) is 5.91 Å². The van der Waals surface area contributed by atoms with Gasteiger partial charge in [0.05, 0.1) is 6.61 Å². The second-order valence-electron chi connectivity index (χ2n) is 5.69. The minimum absolute atomic E-state index is 0.0382. The molecule has 0 aliphatic heterocycles. The van der Waals surface area contributed by atoms with Crippen LogP contribution in [0.4, 0.5) is 0 Å². The lowest BCUT2D eigenvalue weighted by molar-refractivity contribution is -0.133. The van der Waals surface area contributed by atoms with Gasteiger partial charge in [-0.3, -0.25) is 4.79 Å². The zero-order chi connectivity index (χ0) is 13.6. The molecule has 0 aromatic rings. The van der Waals surface area contributed by atoms with E-state index in [0.717, 1.165) is 19.3 Å². The summed E-state index contributed by atoms with van der Waals surface area (Å²) in [5.41, 5.74) is 6.06. The summed E-state index contributed by atoms with van der Waals surface area (Å²) >= 11 is 0. The predicted molar refractivity (Wildman–Crippen MR) is 73.3 cm³/mol. The molecule has 4 heteroatoms. The summed E-state index contributed by atoms with van der Waals surface area (Å²) in [4.78, 5) is 11.8. The Morgan fingerprint density at radius 2 is 1.94 bits per heavy atom. The molecule has 1 amide bonds. The molecule has 3 N–H and O–H groups in total. The Balaban J connectivity index is 2.31. The minimum Gasteiger partial charge on any atom is -0.367 e. The Kier molecular flexibility index (Phi) is 6.09. The number of hydrogen-bond donors (Lipinski definition) is 2. The van der Waals surface area contributed by atoms with E-state index >= 15 is 0 Å². The molecule has 0 aromatic carbocycles. The molecular weight excluding hydrogens is 228 g/mol. The van der Waals surface area contributed by atoms with Crippen LogP contribution in [0.3, 0.4) is 0 Å². The fourth-order valence-corrected chi connectivity index (χ4v) is 2.23. The molecule has 1 aliphatic rings. The third kappa shape index (κ3) is 4.94. The second-order valence-corrected chi connectivity index (χ2v) is 5.69. The van der Waals surface area contributed by atoms with Crippen LogP contribution in [0, 0.1) is 0 Å². The van der Waals surface area contributed by atoms with Crippen molar-refractivity contribution in [1.29, 1.82) is 0 Å². The summed E-state index contributed by atoms with van der Waals surface area (Å²) in [6, 6.07) is 0.199. The van der Waals surface area contributed by atoms with Gasteiger partial charge in [-0.1, -0.05) is 26.2 Å². The lowest BCUT2D eigenvalue weighted by Gasteiger charge is -2.33. The molecule has 106 valence electrons. The Morgan fingerprint density at radius 3 is 2.50 bits per heavy atom. The van der Waals surface area contributed by atoms with Gasteiger partial charge < -0.3 is 15.8 Å². The van der Waals surface area contributed by atoms with Gasteiger partial charge in [-0.05, 0) is 33.1 Å². The maximum absolute atomic E-state index is 11.8. The average Bonchev–Trinajstić information content (AvgIpc) is 2.36. The highest BCUT2D eigenvalue weighted by Crippen LogP contribution is 2.26. The molecule has 0 bridgehead atoms. The number of nitrogens with two attached hydrogens (primary N) is 1. The highest BCUT2D eigenvalue weighted by Gasteiger charge is 2.29. The molecule has 0 heterocycles. The molecule has 1 fully saturated rings. The first-order valence-electron chi connectivity index (χ1n) is 7.18. The highest BCUT2D eigenvalue weighted by atomic mass is 16.5. The van der Waals surface area contributed by atoms with Crippen molar-refractivity contribution >= 4 is 5.91 Å². The van der Waals surface area contributed by atoms with Crippen LogP contribution in [-0.2, 0) is 9.53 Å². The maximum Gasteiger partial charge on any atom is 0.249 e.